The third-order valence-corrected chi connectivity index (χ3v) is 4.41. The molecule has 0 amide bonds. The summed E-state index contributed by atoms with van der Waals surface area (Å²) >= 11 is 3.40. The van der Waals surface area contributed by atoms with Gasteiger partial charge in [-0.3, -0.25) is 0 Å². The molecule has 17 heavy (non-hydrogen) atoms. The maximum atomic E-state index is 13.8. The number of rotatable bonds is 3. The van der Waals surface area contributed by atoms with Gasteiger partial charge in [0.05, 0.1) is 0 Å². The van der Waals surface area contributed by atoms with Crippen molar-refractivity contribution < 1.29 is 4.39 Å². The molecule has 1 nitrogen and oxygen atoms in total. The van der Waals surface area contributed by atoms with Crippen molar-refractivity contribution in [3.63, 3.8) is 0 Å². The number of benzene rings is 1. The second-order valence-corrected chi connectivity index (χ2v) is 6.09. The third-order valence-electron chi connectivity index (χ3n) is 3.92. The minimum atomic E-state index is -0.105. The van der Waals surface area contributed by atoms with Crippen molar-refractivity contribution in [2.24, 2.45) is 11.1 Å². The van der Waals surface area contributed by atoms with E-state index in [4.69, 9.17) is 5.73 Å². The van der Waals surface area contributed by atoms with E-state index >= 15 is 0 Å². The Labute approximate surface area is 111 Å². The van der Waals surface area contributed by atoms with Crippen molar-refractivity contribution >= 4 is 15.9 Å². The van der Waals surface area contributed by atoms with Gasteiger partial charge in [-0.1, -0.05) is 35.2 Å². The van der Waals surface area contributed by atoms with Gasteiger partial charge in [0.1, 0.15) is 5.82 Å². The molecule has 94 valence electrons. The summed E-state index contributed by atoms with van der Waals surface area (Å²) < 4.78 is 14.7. The lowest BCUT2D eigenvalue weighted by atomic mass is 9.70. The van der Waals surface area contributed by atoms with Crippen LogP contribution in [-0.2, 0) is 6.42 Å². The lowest BCUT2D eigenvalue weighted by molar-refractivity contribution is 0.195. The van der Waals surface area contributed by atoms with E-state index < -0.39 is 0 Å². The molecule has 0 spiro atoms. The molecule has 0 saturated heterocycles. The van der Waals surface area contributed by atoms with Crippen molar-refractivity contribution in [3.8, 4) is 0 Å². The standard InChI is InChI=1S/C14H19BrFN/c15-12-4-5-13(16)11(8-12)9-14(10-17)6-2-1-3-7-14/h4-5,8H,1-3,6-7,9-10,17H2. The Morgan fingerprint density at radius 3 is 2.59 bits per heavy atom. The first-order chi connectivity index (χ1) is 8.15. The van der Waals surface area contributed by atoms with Crippen LogP contribution >= 0.6 is 15.9 Å². The second-order valence-electron chi connectivity index (χ2n) is 5.18. The summed E-state index contributed by atoms with van der Waals surface area (Å²) in [4.78, 5) is 0. The summed E-state index contributed by atoms with van der Waals surface area (Å²) in [6.45, 7) is 0.666. The molecule has 1 aromatic rings. The lowest BCUT2D eigenvalue weighted by Crippen LogP contribution is -2.35. The Morgan fingerprint density at radius 2 is 1.94 bits per heavy atom. The molecule has 1 aliphatic carbocycles. The molecule has 0 aromatic heterocycles. The van der Waals surface area contributed by atoms with Crippen LogP contribution in [0, 0.1) is 11.2 Å². The van der Waals surface area contributed by atoms with Gasteiger partial charge in [-0.05, 0) is 55.0 Å². The van der Waals surface area contributed by atoms with Gasteiger partial charge < -0.3 is 5.73 Å². The predicted octanol–water partition coefficient (Wildman–Crippen LogP) is 4.04. The van der Waals surface area contributed by atoms with E-state index in [1.54, 1.807) is 6.07 Å². The number of hydrogen-bond acceptors (Lipinski definition) is 1. The van der Waals surface area contributed by atoms with Crippen LogP contribution in [0.3, 0.4) is 0 Å². The van der Waals surface area contributed by atoms with Gasteiger partial charge >= 0.3 is 0 Å². The molecule has 0 unspecified atom stereocenters. The maximum absolute atomic E-state index is 13.8. The Morgan fingerprint density at radius 1 is 1.24 bits per heavy atom. The van der Waals surface area contributed by atoms with Crippen molar-refractivity contribution in [2.75, 3.05) is 6.54 Å². The molecule has 0 heterocycles. The molecule has 1 fully saturated rings. The molecule has 3 heteroatoms. The van der Waals surface area contributed by atoms with Crippen LogP contribution < -0.4 is 5.73 Å². The lowest BCUT2D eigenvalue weighted by Gasteiger charge is -2.36. The fourth-order valence-electron chi connectivity index (χ4n) is 2.84. The molecule has 2 rings (SSSR count). The zero-order chi connectivity index (χ0) is 12.3. The Kier molecular flexibility index (Phi) is 4.21. The normalized spacial score (nSPS) is 19.2. The molecule has 0 aliphatic heterocycles. The van der Waals surface area contributed by atoms with E-state index in [-0.39, 0.29) is 11.2 Å². The van der Waals surface area contributed by atoms with Crippen LogP contribution in [0.1, 0.15) is 37.7 Å². The van der Waals surface area contributed by atoms with Gasteiger partial charge in [-0.25, -0.2) is 4.39 Å². The summed E-state index contributed by atoms with van der Waals surface area (Å²) in [6, 6.07) is 5.17. The highest BCUT2D eigenvalue weighted by atomic mass is 79.9. The van der Waals surface area contributed by atoms with Crippen LogP contribution in [0.2, 0.25) is 0 Å². The van der Waals surface area contributed by atoms with Crippen LogP contribution in [0.15, 0.2) is 22.7 Å². The van der Waals surface area contributed by atoms with Crippen molar-refractivity contribution in [3.05, 3.63) is 34.1 Å². The first kappa shape index (κ1) is 13.0. The van der Waals surface area contributed by atoms with Gasteiger partial charge in [-0.15, -0.1) is 0 Å². The minimum Gasteiger partial charge on any atom is -0.330 e. The van der Waals surface area contributed by atoms with E-state index in [9.17, 15) is 4.39 Å². The van der Waals surface area contributed by atoms with E-state index in [2.05, 4.69) is 15.9 Å². The predicted molar refractivity (Wildman–Crippen MR) is 72.4 cm³/mol. The molecule has 0 bridgehead atoms. The Hall–Kier alpha value is -0.410. The topological polar surface area (TPSA) is 26.0 Å². The molecule has 1 aromatic carbocycles. The van der Waals surface area contributed by atoms with Gasteiger partial charge in [0.2, 0.25) is 0 Å². The molecule has 0 radical (unpaired) electrons. The Bertz CT molecular complexity index is 386. The minimum absolute atomic E-state index is 0.105. The number of hydrogen-bond donors (Lipinski definition) is 1. The average molecular weight is 300 g/mol. The van der Waals surface area contributed by atoms with Crippen LogP contribution in [-0.4, -0.2) is 6.54 Å². The monoisotopic (exact) mass is 299 g/mol. The average Bonchev–Trinajstić information content (AvgIpc) is 2.35. The quantitative estimate of drug-likeness (QED) is 0.895. The summed E-state index contributed by atoms with van der Waals surface area (Å²) in [5.41, 5.74) is 6.86. The largest absolute Gasteiger partial charge is 0.330 e. The highest BCUT2D eigenvalue weighted by Crippen LogP contribution is 2.39. The molecule has 1 aliphatic rings. The molecular formula is C14H19BrFN. The van der Waals surface area contributed by atoms with Crippen LogP contribution in [0.5, 0.6) is 0 Å². The van der Waals surface area contributed by atoms with Crippen LogP contribution in [0.25, 0.3) is 0 Å². The van der Waals surface area contributed by atoms with Crippen molar-refractivity contribution in [2.45, 2.75) is 38.5 Å². The van der Waals surface area contributed by atoms with Gasteiger partial charge in [0.15, 0.2) is 0 Å². The SMILES string of the molecule is NCC1(Cc2cc(Br)ccc2F)CCCCC1. The van der Waals surface area contributed by atoms with Crippen LogP contribution in [0.4, 0.5) is 4.39 Å². The number of nitrogens with two attached hydrogens (primary N) is 1. The van der Waals surface area contributed by atoms with E-state index in [0.29, 0.717) is 6.54 Å². The second kappa shape index (κ2) is 5.49. The van der Waals surface area contributed by atoms with Crippen molar-refractivity contribution in [1.82, 2.24) is 0 Å². The van der Waals surface area contributed by atoms with E-state index in [1.807, 2.05) is 6.07 Å². The molecular weight excluding hydrogens is 281 g/mol. The van der Waals surface area contributed by atoms with E-state index in [0.717, 1.165) is 29.3 Å². The fraction of sp³-hybridized carbons (Fsp3) is 0.571. The molecule has 1 saturated carbocycles. The zero-order valence-corrected chi connectivity index (χ0v) is 11.6. The van der Waals surface area contributed by atoms with Crippen molar-refractivity contribution in [1.29, 1.82) is 0 Å². The highest BCUT2D eigenvalue weighted by molar-refractivity contribution is 9.10. The molecule has 2 N–H and O–H groups in total. The Balaban J connectivity index is 2.20. The smallest absolute Gasteiger partial charge is 0.126 e. The zero-order valence-electron chi connectivity index (χ0n) is 10.0. The summed E-state index contributed by atoms with van der Waals surface area (Å²) in [5, 5.41) is 0. The number of halogens is 2. The van der Waals surface area contributed by atoms with Gasteiger partial charge in [-0.2, -0.15) is 0 Å². The first-order valence-electron chi connectivity index (χ1n) is 6.29. The summed E-state index contributed by atoms with van der Waals surface area (Å²) in [6.07, 6.45) is 6.79. The fourth-order valence-corrected chi connectivity index (χ4v) is 3.25. The third kappa shape index (κ3) is 3.08. The maximum Gasteiger partial charge on any atom is 0.126 e. The first-order valence-corrected chi connectivity index (χ1v) is 7.09. The van der Waals surface area contributed by atoms with Gasteiger partial charge in [0, 0.05) is 4.47 Å². The summed E-state index contributed by atoms with van der Waals surface area (Å²) in [5.74, 6) is -0.105. The molecule has 0 atom stereocenters. The van der Waals surface area contributed by atoms with Gasteiger partial charge in [0.25, 0.3) is 0 Å². The summed E-state index contributed by atoms with van der Waals surface area (Å²) in [7, 11) is 0. The highest BCUT2D eigenvalue weighted by Gasteiger charge is 2.31. The van der Waals surface area contributed by atoms with E-state index in [1.165, 1.54) is 25.3 Å².